The van der Waals surface area contributed by atoms with Crippen LogP contribution in [0.2, 0.25) is 0 Å². The zero-order chi connectivity index (χ0) is 15.6. The van der Waals surface area contributed by atoms with Crippen LogP contribution in [0.5, 0.6) is 5.75 Å². The van der Waals surface area contributed by atoms with Crippen LogP contribution >= 0.6 is 11.6 Å². The molecular formula is C16H16ClNO3. The van der Waals surface area contributed by atoms with E-state index < -0.39 is 5.97 Å². The summed E-state index contributed by atoms with van der Waals surface area (Å²) in [6.07, 6.45) is 0.852. The molecule has 1 aromatic heterocycles. The molecule has 0 aliphatic heterocycles. The molecule has 4 nitrogen and oxygen atoms in total. The van der Waals surface area contributed by atoms with Gasteiger partial charge in [-0.25, -0.2) is 0 Å². The van der Waals surface area contributed by atoms with E-state index in [-0.39, 0.29) is 5.88 Å². The van der Waals surface area contributed by atoms with Gasteiger partial charge in [-0.3, -0.25) is 9.59 Å². The molecule has 0 aliphatic carbocycles. The summed E-state index contributed by atoms with van der Waals surface area (Å²) >= 11 is 5.42. The van der Waals surface area contributed by atoms with Crippen LogP contribution in [0.3, 0.4) is 0 Å². The number of nitrogens with zero attached hydrogens (tertiary/aromatic N) is 1. The van der Waals surface area contributed by atoms with Crippen LogP contribution in [0.1, 0.15) is 27.3 Å². The average Bonchev–Trinajstić information content (AvgIpc) is 2.74. The molecule has 0 spiro atoms. The second-order valence-corrected chi connectivity index (χ2v) is 5.10. The molecule has 0 fully saturated rings. The molecule has 0 aliphatic rings. The Balaban J connectivity index is 2.44. The lowest BCUT2D eigenvalue weighted by Crippen LogP contribution is -2.09. The van der Waals surface area contributed by atoms with Crippen molar-refractivity contribution in [1.29, 1.82) is 0 Å². The number of carbonyl (C=O) groups is 2. The third-order valence-electron chi connectivity index (χ3n) is 3.35. The average molecular weight is 306 g/mol. The molecule has 21 heavy (non-hydrogen) atoms. The summed E-state index contributed by atoms with van der Waals surface area (Å²) in [5, 5.41) is 0. The molecule has 2 aromatic rings. The summed E-state index contributed by atoms with van der Waals surface area (Å²) in [5.74, 6) is -0.209. The van der Waals surface area contributed by atoms with E-state index in [1.807, 2.05) is 37.5 Å². The molecule has 0 unspecified atom stereocenters. The minimum Gasteiger partial charge on any atom is -0.426 e. The molecule has 0 saturated carbocycles. The van der Waals surface area contributed by atoms with Gasteiger partial charge in [-0.2, -0.15) is 0 Å². The number of aromatic nitrogens is 1. The molecule has 1 heterocycles. The van der Waals surface area contributed by atoms with E-state index >= 15 is 0 Å². The Morgan fingerprint density at radius 3 is 2.52 bits per heavy atom. The number of esters is 1. The summed E-state index contributed by atoms with van der Waals surface area (Å²) in [6, 6.07) is 7.20. The highest BCUT2D eigenvalue weighted by Crippen LogP contribution is 2.25. The Labute approximate surface area is 128 Å². The van der Waals surface area contributed by atoms with Crippen molar-refractivity contribution in [3.05, 3.63) is 46.8 Å². The third kappa shape index (κ3) is 3.00. The number of aldehydes is 1. The SMILES string of the molecule is Cc1cc(OC(=O)CCl)ccc1-n1c(C)cc(C=O)c1C. The molecule has 110 valence electrons. The zero-order valence-electron chi connectivity index (χ0n) is 12.1. The maximum Gasteiger partial charge on any atom is 0.326 e. The second-order valence-electron chi connectivity index (χ2n) is 4.84. The molecule has 1 aromatic carbocycles. The molecule has 0 atom stereocenters. The van der Waals surface area contributed by atoms with E-state index in [4.69, 9.17) is 16.3 Å². The van der Waals surface area contributed by atoms with Crippen molar-refractivity contribution in [2.24, 2.45) is 0 Å². The molecule has 0 bridgehead atoms. The van der Waals surface area contributed by atoms with E-state index in [9.17, 15) is 9.59 Å². The Morgan fingerprint density at radius 1 is 1.29 bits per heavy atom. The van der Waals surface area contributed by atoms with Crippen LogP contribution in [-0.2, 0) is 4.79 Å². The Morgan fingerprint density at radius 2 is 2.00 bits per heavy atom. The first-order chi connectivity index (χ1) is 9.97. The van der Waals surface area contributed by atoms with Gasteiger partial charge in [-0.1, -0.05) is 0 Å². The highest BCUT2D eigenvalue weighted by Gasteiger charge is 2.13. The van der Waals surface area contributed by atoms with Crippen LogP contribution in [-0.4, -0.2) is 22.7 Å². The van der Waals surface area contributed by atoms with Crippen molar-refractivity contribution in [2.75, 3.05) is 5.88 Å². The number of halogens is 1. The number of ether oxygens (including phenoxy) is 1. The minimum atomic E-state index is -0.486. The topological polar surface area (TPSA) is 48.3 Å². The first-order valence-electron chi connectivity index (χ1n) is 6.49. The van der Waals surface area contributed by atoms with E-state index in [1.54, 1.807) is 12.1 Å². The summed E-state index contributed by atoms with van der Waals surface area (Å²) in [4.78, 5) is 22.2. The molecule has 0 amide bonds. The van der Waals surface area contributed by atoms with Crippen LogP contribution in [0.4, 0.5) is 0 Å². The Kier molecular flexibility index (Phi) is 4.48. The van der Waals surface area contributed by atoms with Crippen molar-refractivity contribution >= 4 is 23.9 Å². The first-order valence-corrected chi connectivity index (χ1v) is 7.03. The zero-order valence-corrected chi connectivity index (χ0v) is 12.9. The lowest BCUT2D eigenvalue weighted by atomic mass is 10.1. The number of rotatable bonds is 4. The van der Waals surface area contributed by atoms with Crippen molar-refractivity contribution < 1.29 is 14.3 Å². The van der Waals surface area contributed by atoms with E-state index in [0.717, 1.165) is 28.9 Å². The normalized spacial score (nSPS) is 10.5. The van der Waals surface area contributed by atoms with Crippen molar-refractivity contribution in [1.82, 2.24) is 4.57 Å². The summed E-state index contributed by atoms with van der Waals surface area (Å²) in [5.41, 5.74) is 4.42. The van der Waals surface area contributed by atoms with Gasteiger partial charge >= 0.3 is 5.97 Å². The van der Waals surface area contributed by atoms with Crippen molar-refractivity contribution in [2.45, 2.75) is 20.8 Å². The quantitative estimate of drug-likeness (QED) is 0.377. The standard InChI is InChI=1S/C16H16ClNO3/c1-10-6-14(21-16(20)8-17)4-5-15(10)18-11(2)7-13(9-19)12(18)3/h4-7,9H,8H2,1-3H3. The van der Waals surface area contributed by atoms with Crippen LogP contribution in [0, 0.1) is 20.8 Å². The number of carbonyl (C=O) groups excluding carboxylic acids is 2. The number of benzene rings is 1. The number of alkyl halides is 1. The Hall–Kier alpha value is -2.07. The molecular weight excluding hydrogens is 290 g/mol. The second kappa shape index (κ2) is 6.14. The van der Waals surface area contributed by atoms with E-state index in [1.165, 1.54) is 0 Å². The van der Waals surface area contributed by atoms with Gasteiger partial charge in [-0.05, 0) is 50.6 Å². The van der Waals surface area contributed by atoms with Crippen LogP contribution < -0.4 is 4.74 Å². The maximum absolute atomic E-state index is 11.2. The van der Waals surface area contributed by atoms with Gasteiger partial charge in [0.25, 0.3) is 0 Å². The minimum absolute atomic E-state index is 0.181. The molecule has 0 saturated heterocycles. The predicted molar refractivity (Wildman–Crippen MR) is 81.7 cm³/mol. The van der Waals surface area contributed by atoms with Crippen molar-refractivity contribution in [3.8, 4) is 11.4 Å². The fourth-order valence-electron chi connectivity index (χ4n) is 2.38. The fourth-order valence-corrected chi connectivity index (χ4v) is 2.43. The van der Waals surface area contributed by atoms with Gasteiger partial charge in [0, 0.05) is 22.6 Å². The van der Waals surface area contributed by atoms with Gasteiger partial charge < -0.3 is 9.30 Å². The lowest BCUT2D eigenvalue weighted by molar-refractivity contribution is -0.131. The summed E-state index contributed by atoms with van der Waals surface area (Å²) < 4.78 is 7.09. The van der Waals surface area contributed by atoms with Gasteiger partial charge in [0.05, 0.1) is 0 Å². The van der Waals surface area contributed by atoms with Gasteiger partial charge in [-0.15, -0.1) is 11.6 Å². The van der Waals surface area contributed by atoms with Gasteiger partial charge in [0.15, 0.2) is 6.29 Å². The third-order valence-corrected chi connectivity index (χ3v) is 3.57. The summed E-state index contributed by atoms with van der Waals surface area (Å²) in [7, 11) is 0. The fraction of sp³-hybridized carbons (Fsp3) is 0.250. The molecule has 5 heteroatoms. The number of hydrogen-bond acceptors (Lipinski definition) is 3. The highest BCUT2D eigenvalue weighted by atomic mass is 35.5. The molecule has 0 radical (unpaired) electrons. The molecule has 0 N–H and O–H groups in total. The van der Waals surface area contributed by atoms with Crippen LogP contribution in [0.25, 0.3) is 5.69 Å². The van der Waals surface area contributed by atoms with E-state index in [2.05, 4.69) is 0 Å². The van der Waals surface area contributed by atoms with Crippen LogP contribution in [0.15, 0.2) is 24.3 Å². The maximum atomic E-state index is 11.2. The number of hydrogen-bond donors (Lipinski definition) is 0. The van der Waals surface area contributed by atoms with Crippen molar-refractivity contribution in [3.63, 3.8) is 0 Å². The predicted octanol–water partition coefficient (Wildman–Crippen LogP) is 3.36. The van der Waals surface area contributed by atoms with E-state index in [0.29, 0.717) is 11.3 Å². The van der Waals surface area contributed by atoms with Gasteiger partial charge in [0.2, 0.25) is 0 Å². The first kappa shape index (κ1) is 15.3. The monoisotopic (exact) mass is 305 g/mol. The lowest BCUT2D eigenvalue weighted by Gasteiger charge is -2.14. The van der Waals surface area contributed by atoms with Gasteiger partial charge in [0.1, 0.15) is 11.6 Å². The highest BCUT2D eigenvalue weighted by molar-refractivity contribution is 6.26. The molecule has 2 rings (SSSR count). The smallest absolute Gasteiger partial charge is 0.326 e. The Bertz CT molecular complexity index is 704. The number of aryl methyl sites for hydroxylation is 2. The summed E-state index contributed by atoms with van der Waals surface area (Å²) in [6.45, 7) is 5.77. The largest absolute Gasteiger partial charge is 0.426 e.